The SMILES string of the molecule is C[C@@]1(n2cnc3c(N)ncnc32)O[C@H](CO)[C@@H](O)[C@H]1O.[Sn]. The van der Waals surface area contributed by atoms with Gasteiger partial charge in [0.1, 0.15) is 30.2 Å². The molecule has 10 heteroatoms. The Morgan fingerprint density at radius 1 is 1.38 bits per heavy atom. The molecule has 4 atom stereocenters. The van der Waals surface area contributed by atoms with E-state index in [1.54, 1.807) is 6.92 Å². The van der Waals surface area contributed by atoms with Crippen molar-refractivity contribution in [2.75, 3.05) is 12.3 Å². The molecule has 3 rings (SSSR count). The molecular weight excluding hydrogens is 385 g/mol. The van der Waals surface area contributed by atoms with Gasteiger partial charge >= 0.3 is 0 Å². The first-order valence-electron chi connectivity index (χ1n) is 6.08. The molecule has 2 aromatic heterocycles. The zero-order valence-corrected chi connectivity index (χ0v) is 14.1. The molecule has 21 heavy (non-hydrogen) atoms. The second-order valence-corrected chi connectivity index (χ2v) is 4.87. The van der Waals surface area contributed by atoms with Crippen molar-refractivity contribution < 1.29 is 20.1 Å². The minimum Gasteiger partial charge on any atom is -0.394 e. The van der Waals surface area contributed by atoms with Crippen molar-refractivity contribution in [2.24, 2.45) is 0 Å². The molecule has 1 fully saturated rings. The van der Waals surface area contributed by atoms with Gasteiger partial charge in [-0.15, -0.1) is 0 Å². The summed E-state index contributed by atoms with van der Waals surface area (Å²) < 4.78 is 7.06. The molecule has 9 nitrogen and oxygen atoms in total. The average Bonchev–Trinajstić information content (AvgIpc) is 2.96. The third-order valence-corrected chi connectivity index (χ3v) is 3.66. The Morgan fingerprint density at radius 2 is 2.10 bits per heavy atom. The van der Waals surface area contributed by atoms with Crippen molar-refractivity contribution in [1.29, 1.82) is 0 Å². The first kappa shape index (κ1) is 16.4. The summed E-state index contributed by atoms with van der Waals surface area (Å²) in [6.45, 7) is 1.17. The Labute approximate surface area is 136 Å². The summed E-state index contributed by atoms with van der Waals surface area (Å²) in [5.41, 5.74) is 5.16. The van der Waals surface area contributed by atoms with Crippen LogP contribution in [0.5, 0.6) is 0 Å². The molecule has 0 bridgehead atoms. The van der Waals surface area contributed by atoms with Crippen molar-refractivity contribution in [1.82, 2.24) is 19.5 Å². The van der Waals surface area contributed by atoms with E-state index < -0.39 is 30.6 Å². The van der Waals surface area contributed by atoms with Crippen LogP contribution in [0.2, 0.25) is 0 Å². The number of nitrogens with two attached hydrogens (primary N) is 1. The fourth-order valence-corrected chi connectivity index (χ4v) is 2.49. The van der Waals surface area contributed by atoms with Gasteiger partial charge in [-0.2, -0.15) is 0 Å². The summed E-state index contributed by atoms with van der Waals surface area (Å²) in [7, 11) is 0. The van der Waals surface area contributed by atoms with Gasteiger partial charge in [0, 0.05) is 23.9 Å². The number of aliphatic hydroxyl groups excluding tert-OH is 3. The van der Waals surface area contributed by atoms with Gasteiger partial charge in [0.05, 0.1) is 12.9 Å². The fraction of sp³-hybridized carbons (Fsp3) is 0.545. The number of rotatable bonds is 2. The molecule has 0 unspecified atom stereocenters. The van der Waals surface area contributed by atoms with Crippen molar-refractivity contribution in [3.8, 4) is 0 Å². The summed E-state index contributed by atoms with van der Waals surface area (Å²) in [5, 5.41) is 29.3. The normalized spacial score (nSPS) is 32.3. The molecule has 1 aliphatic rings. The smallest absolute Gasteiger partial charge is 0.173 e. The van der Waals surface area contributed by atoms with Gasteiger partial charge in [0.2, 0.25) is 0 Å². The van der Waals surface area contributed by atoms with E-state index in [0.717, 1.165) is 0 Å². The van der Waals surface area contributed by atoms with Crippen LogP contribution in [-0.4, -0.2) is 83.7 Å². The molecule has 5 N–H and O–H groups in total. The van der Waals surface area contributed by atoms with E-state index in [-0.39, 0.29) is 29.7 Å². The van der Waals surface area contributed by atoms with Crippen LogP contribution in [-0.2, 0) is 10.5 Å². The Balaban J connectivity index is 0.00000161. The largest absolute Gasteiger partial charge is 0.394 e. The Bertz CT molecular complexity index is 653. The third kappa shape index (κ3) is 2.28. The van der Waals surface area contributed by atoms with Crippen molar-refractivity contribution in [3.63, 3.8) is 0 Å². The summed E-state index contributed by atoms with van der Waals surface area (Å²) in [5.74, 6) is 0.212. The molecule has 0 amide bonds. The van der Waals surface area contributed by atoms with E-state index in [0.29, 0.717) is 11.2 Å². The van der Waals surface area contributed by atoms with Crippen molar-refractivity contribution >= 4 is 40.9 Å². The van der Waals surface area contributed by atoms with E-state index in [2.05, 4.69) is 15.0 Å². The van der Waals surface area contributed by atoms with Crippen molar-refractivity contribution in [2.45, 2.75) is 31.0 Å². The van der Waals surface area contributed by atoms with E-state index in [1.807, 2.05) is 0 Å². The number of hydrogen-bond acceptors (Lipinski definition) is 8. The predicted octanol–water partition coefficient (Wildman–Crippen LogP) is -2.19. The molecule has 2 aromatic rings. The number of anilines is 1. The van der Waals surface area contributed by atoms with E-state index in [1.165, 1.54) is 17.2 Å². The Morgan fingerprint density at radius 3 is 2.71 bits per heavy atom. The maximum Gasteiger partial charge on any atom is 0.173 e. The first-order chi connectivity index (χ1) is 9.49. The number of aromatic nitrogens is 4. The zero-order valence-electron chi connectivity index (χ0n) is 11.2. The van der Waals surface area contributed by atoms with Crippen LogP contribution in [0.1, 0.15) is 6.92 Å². The maximum absolute atomic E-state index is 10.2. The quantitative estimate of drug-likeness (QED) is 0.417. The number of ether oxygens (including phenoxy) is 1. The van der Waals surface area contributed by atoms with Crippen LogP contribution in [0.3, 0.4) is 0 Å². The van der Waals surface area contributed by atoms with Crippen LogP contribution in [0.25, 0.3) is 11.2 Å². The predicted molar refractivity (Wildman–Crippen MR) is 73.1 cm³/mol. The fourth-order valence-electron chi connectivity index (χ4n) is 2.49. The van der Waals surface area contributed by atoms with Gasteiger partial charge in [-0.3, -0.25) is 4.57 Å². The first-order valence-corrected chi connectivity index (χ1v) is 6.08. The van der Waals surface area contributed by atoms with Crippen molar-refractivity contribution in [3.05, 3.63) is 12.7 Å². The van der Waals surface area contributed by atoms with Crippen LogP contribution < -0.4 is 5.73 Å². The number of nitrogen functional groups attached to an aromatic ring is 1. The van der Waals surface area contributed by atoms with Gasteiger partial charge in [0.25, 0.3) is 0 Å². The van der Waals surface area contributed by atoms with Crippen LogP contribution >= 0.6 is 0 Å². The monoisotopic (exact) mass is 401 g/mol. The minimum atomic E-state index is -1.30. The average molecular weight is 400 g/mol. The zero-order chi connectivity index (χ0) is 14.5. The van der Waals surface area contributed by atoms with Crippen LogP contribution in [0.4, 0.5) is 5.82 Å². The minimum absolute atomic E-state index is 0. The topological polar surface area (TPSA) is 140 Å². The molecule has 1 aliphatic heterocycles. The summed E-state index contributed by atoms with van der Waals surface area (Å²) in [6, 6.07) is 0. The molecular formula is C11H15N5O4Sn. The van der Waals surface area contributed by atoms with Gasteiger partial charge in [0.15, 0.2) is 17.2 Å². The van der Waals surface area contributed by atoms with Gasteiger partial charge < -0.3 is 25.8 Å². The van der Waals surface area contributed by atoms with Crippen LogP contribution in [0, 0.1) is 0 Å². The number of imidazole rings is 1. The van der Waals surface area contributed by atoms with Gasteiger partial charge in [-0.1, -0.05) is 0 Å². The van der Waals surface area contributed by atoms with E-state index in [9.17, 15) is 15.3 Å². The van der Waals surface area contributed by atoms with E-state index in [4.69, 9.17) is 10.5 Å². The number of fused-ring (bicyclic) bond motifs is 1. The standard InChI is InChI=1S/C11H15N5O4.Sn/c1-11(8(19)7(18)5(2-17)20-11)16-4-15-6-9(12)13-3-14-10(6)16;/h3-5,7-8,17-19H,2H2,1H3,(H2,12,13,14);/t5-,7-,8-,11-;/m1./s1. The molecule has 0 aromatic carbocycles. The third-order valence-electron chi connectivity index (χ3n) is 3.66. The number of aliphatic hydroxyl groups is 3. The Kier molecular flexibility index (Phi) is 4.40. The molecule has 0 aliphatic carbocycles. The second kappa shape index (κ2) is 5.65. The van der Waals surface area contributed by atoms with Crippen LogP contribution in [0.15, 0.2) is 12.7 Å². The number of hydrogen-bond donors (Lipinski definition) is 4. The van der Waals surface area contributed by atoms with Gasteiger partial charge in [-0.05, 0) is 6.92 Å². The Hall–Kier alpha value is -1.01. The second-order valence-electron chi connectivity index (χ2n) is 4.87. The molecule has 0 saturated carbocycles. The summed E-state index contributed by atoms with van der Waals surface area (Å²) >= 11 is 0. The molecule has 1 saturated heterocycles. The number of nitrogens with zero attached hydrogens (tertiary/aromatic N) is 4. The molecule has 112 valence electrons. The van der Waals surface area contributed by atoms with E-state index >= 15 is 0 Å². The summed E-state index contributed by atoms with van der Waals surface area (Å²) in [6.07, 6.45) is -0.646. The molecule has 3 heterocycles. The molecule has 0 spiro atoms. The summed E-state index contributed by atoms with van der Waals surface area (Å²) in [4.78, 5) is 12.0. The maximum atomic E-state index is 10.2. The molecule has 4 radical (unpaired) electrons. The van der Waals surface area contributed by atoms with Gasteiger partial charge in [-0.25, -0.2) is 15.0 Å².